The Morgan fingerprint density at radius 3 is 2.68 bits per heavy atom. The summed E-state index contributed by atoms with van der Waals surface area (Å²) in [6.45, 7) is 1.94. The number of aliphatic hydroxyl groups excluding tert-OH is 1. The van der Waals surface area contributed by atoms with Gasteiger partial charge < -0.3 is 15.7 Å². The summed E-state index contributed by atoms with van der Waals surface area (Å²) in [5.41, 5.74) is 1.85. The lowest BCUT2D eigenvalue weighted by molar-refractivity contribution is 0.126. The number of alkyl halides is 1. The van der Waals surface area contributed by atoms with E-state index < -0.39 is 6.17 Å². The normalized spacial score (nSPS) is 20.2. The summed E-state index contributed by atoms with van der Waals surface area (Å²) < 4.78 is 13.5. The minimum absolute atomic E-state index is 0.153. The van der Waals surface area contributed by atoms with E-state index in [-0.39, 0.29) is 18.7 Å². The number of anilines is 2. The van der Waals surface area contributed by atoms with Crippen LogP contribution in [0.3, 0.4) is 0 Å². The summed E-state index contributed by atoms with van der Waals surface area (Å²) in [6, 6.07) is 5.70. The summed E-state index contributed by atoms with van der Waals surface area (Å²) >= 11 is 0. The largest absolute Gasteiger partial charge is 0.393 e. The van der Waals surface area contributed by atoms with Crippen LogP contribution in [-0.2, 0) is 0 Å². The maximum atomic E-state index is 13.5. The molecule has 3 rings (SSSR count). The first-order valence-electron chi connectivity index (χ1n) is 9.65. The van der Waals surface area contributed by atoms with Gasteiger partial charge in [0.15, 0.2) is 0 Å². The standard InChI is InChI=1S/C20H25FN6O/c1-2-14(21)11-24-20-25-12-17(18-8-3-13(9-22)10-23-18)19(27-20)26-15-4-6-16(28)7-5-15/h3,8,10,12,14-16,28H,2,4-7,11H2,1H3,(H2,24,25,26,27)/t14-,15?,16?/m0/s1. The van der Waals surface area contributed by atoms with Crippen molar-refractivity contribution in [2.75, 3.05) is 17.2 Å². The number of pyridine rings is 1. The smallest absolute Gasteiger partial charge is 0.224 e. The zero-order chi connectivity index (χ0) is 19.9. The Balaban J connectivity index is 1.85. The van der Waals surface area contributed by atoms with Gasteiger partial charge in [0.1, 0.15) is 18.1 Å². The highest BCUT2D eigenvalue weighted by Gasteiger charge is 2.21. The van der Waals surface area contributed by atoms with E-state index in [9.17, 15) is 9.50 Å². The number of hydrogen-bond donors (Lipinski definition) is 3. The molecule has 2 heterocycles. The molecule has 0 aliphatic heterocycles. The average molecular weight is 384 g/mol. The summed E-state index contributed by atoms with van der Waals surface area (Å²) in [5.74, 6) is 0.967. The number of nitrogens with one attached hydrogen (secondary N) is 2. The van der Waals surface area contributed by atoms with E-state index in [1.807, 2.05) is 0 Å². The minimum Gasteiger partial charge on any atom is -0.393 e. The van der Waals surface area contributed by atoms with Crippen molar-refractivity contribution in [3.05, 3.63) is 30.1 Å². The lowest BCUT2D eigenvalue weighted by Crippen LogP contribution is -2.29. The van der Waals surface area contributed by atoms with Crippen molar-refractivity contribution < 1.29 is 9.50 Å². The van der Waals surface area contributed by atoms with Crippen molar-refractivity contribution in [1.82, 2.24) is 15.0 Å². The second-order valence-electron chi connectivity index (χ2n) is 7.04. The van der Waals surface area contributed by atoms with Crippen molar-refractivity contribution in [1.29, 1.82) is 5.26 Å². The molecule has 1 aliphatic rings. The van der Waals surface area contributed by atoms with Crippen molar-refractivity contribution in [2.24, 2.45) is 0 Å². The quantitative estimate of drug-likeness (QED) is 0.672. The first kappa shape index (κ1) is 20.0. The van der Waals surface area contributed by atoms with Crippen LogP contribution in [0.25, 0.3) is 11.3 Å². The van der Waals surface area contributed by atoms with Crippen LogP contribution in [-0.4, -0.2) is 44.9 Å². The van der Waals surface area contributed by atoms with Crippen LogP contribution in [0.4, 0.5) is 16.2 Å². The fourth-order valence-corrected chi connectivity index (χ4v) is 3.14. The molecule has 7 nitrogen and oxygen atoms in total. The third kappa shape index (κ3) is 5.14. The van der Waals surface area contributed by atoms with E-state index in [0.29, 0.717) is 35.0 Å². The van der Waals surface area contributed by atoms with Crippen LogP contribution < -0.4 is 10.6 Å². The van der Waals surface area contributed by atoms with Gasteiger partial charge in [0.05, 0.1) is 22.9 Å². The zero-order valence-corrected chi connectivity index (χ0v) is 15.9. The van der Waals surface area contributed by atoms with Crippen molar-refractivity contribution >= 4 is 11.8 Å². The Hall–Kier alpha value is -2.79. The van der Waals surface area contributed by atoms with Crippen molar-refractivity contribution in [3.8, 4) is 17.3 Å². The lowest BCUT2D eigenvalue weighted by Gasteiger charge is -2.27. The van der Waals surface area contributed by atoms with Gasteiger partial charge in [-0.3, -0.25) is 4.98 Å². The van der Waals surface area contributed by atoms with E-state index in [2.05, 4.69) is 31.7 Å². The van der Waals surface area contributed by atoms with Crippen molar-refractivity contribution in [3.63, 3.8) is 0 Å². The van der Waals surface area contributed by atoms with E-state index in [1.165, 1.54) is 6.20 Å². The maximum Gasteiger partial charge on any atom is 0.224 e. The van der Waals surface area contributed by atoms with Crippen LogP contribution in [0.5, 0.6) is 0 Å². The minimum atomic E-state index is -0.959. The molecule has 28 heavy (non-hydrogen) atoms. The van der Waals surface area contributed by atoms with Crippen LogP contribution in [0.2, 0.25) is 0 Å². The predicted molar refractivity (Wildman–Crippen MR) is 106 cm³/mol. The number of rotatable bonds is 7. The number of halogens is 1. The Bertz CT molecular complexity index is 814. The van der Waals surface area contributed by atoms with Gasteiger partial charge in [-0.2, -0.15) is 10.2 Å². The number of hydrogen-bond acceptors (Lipinski definition) is 7. The van der Waals surface area contributed by atoms with E-state index in [4.69, 9.17) is 5.26 Å². The van der Waals surface area contributed by atoms with Gasteiger partial charge in [-0.1, -0.05) is 6.92 Å². The van der Waals surface area contributed by atoms with Crippen LogP contribution in [0.1, 0.15) is 44.6 Å². The molecule has 1 aliphatic carbocycles. The molecule has 0 unspecified atom stereocenters. The number of aromatic nitrogens is 3. The molecule has 8 heteroatoms. The van der Waals surface area contributed by atoms with E-state index in [0.717, 1.165) is 25.7 Å². The molecule has 148 valence electrons. The second kappa shape index (κ2) is 9.42. The molecule has 0 saturated heterocycles. The van der Waals surface area contributed by atoms with Crippen LogP contribution >= 0.6 is 0 Å². The van der Waals surface area contributed by atoms with Gasteiger partial charge in [0.2, 0.25) is 5.95 Å². The molecule has 1 fully saturated rings. The fraction of sp³-hybridized carbons (Fsp3) is 0.500. The SMILES string of the molecule is CC[C@H](F)CNc1ncc(-c2ccc(C#N)cn2)c(NC2CCC(O)CC2)n1. The molecule has 0 spiro atoms. The fourth-order valence-electron chi connectivity index (χ4n) is 3.14. The Kier molecular flexibility index (Phi) is 6.71. The summed E-state index contributed by atoms with van der Waals surface area (Å²) in [7, 11) is 0. The van der Waals surface area contributed by atoms with Gasteiger partial charge in [-0.25, -0.2) is 9.37 Å². The average Bonchev–Trinajstić information content (AvgIpc) is 2.74. The molecule has 0 bridgehead atoms. The maximum absolute atomic E-state index is 13.5. The summed E-state index contributed by atoms with van der Waals surface area (Å²) in [6.07, 6.45) is 5.58. The highest BCUT2D eigenvalue weighted by molar-refractivity contribution is 5.73. The molecule has 0 amide bonds. The molecular weight excluding hydrogens is 359 g/mol. The van der Waals surface area contributed by atoms with E-state index in [1.54, 1.807) is 25.3 Å². The Labute approximate surface area is 164 Å². The van der Waals surface area contributed by atoms with Crippen molar-refractivity contribution in [2.45, 2.75) is 57.3 Å². The molecule has 0 radical (unpaired) electrons. The van der Waals surface area contributed by atoms with Gasteiger partial charge in [0.25, 0.3) is 0 Å². The summed E-state index contributed by atoms with van der Waals surface area (Å²) in [5, 5.41) is 25.1. The monoisotopic (exact) mass is 384 g/mol. The lowest BCUT2D eigenvalue weighted by atomic mass is 9.93. The number of aliphatic hydroxyl groups is 1. The first-order chi connectivity index (χ1) is 13.6. The molecule has 0 aromatic carbocycles. The summed E-state index contributed by atoms with van der Waals surface area (Å²) in [4.78, 5) is 13.2. The third-order valence-electron chi connectivity index (χ3n) is 4.92. The number of nitrogens with zero attached hydrogens (tertiary/aromatic N) is 4. The zero-order valence-electron chi connectivity index (χ0n) is 15.9. The number of nitriles is 1. The molecule has 2 aromatic heterocycles. The van der Waals surface area contributed by atoms with Gasteiger partial charge in [0, 0.05) is 25.0 Å². The Morgan fingerprint density at radius 1 is 1.25 bits per heavy atom. The van der Waals surface area contributed by atoms with Crippen LogP contribution in [0, 0.1) is 11.3 Å². The van der Waals surface area contributed by atoms with Gasteiger partial charge >= 0.3 is 0 Å². The second-order valence-corrected chi connectivity index (χ2v) is 7.04. The molecular formula is C20H25FN6O. The van der Waals surface area contributed by atoms with Crippen LogP contribution in [0.15, 0.2) is 24.5 Å². The third-order valence-corrected chi connectivity index (χ3v) is 4.92. The predicted octanol–water partition coefficient (Wildman–Crippen LogP) is 3.29. The van der Waals surface area contributed by atoms with Gasteiger partial charge in [-0.15, -0.1) is 0 Å². The highest BCUT2D eigenvalue weighted by atomic mass is 19.1. The molecule has 2 aromatic rings. The topological polar surface area (TPSA) is 107 Å². The van der Waals surface area contributed by atoms with E-state index >= 15 is 0 Å². The molecule has 1 atom stereocenters. The van der Waals surface area contributed by atoms with Gasteiger partial charge in [-0.05, 0) is 44.2 Å². The Morgan fingerprint density at radius 2 is 2.04 bits per heavy atom. The molecule has 1 saturated carbocycles. The first-order valence-corrected chi connectivity index (χ1v) is 9.65. The molecule has 3 N–H and O–H groups in total. The highest BCUT2D eigenvalue weighted by Crippen LogP contribution is 2.29.